The summed E-state index contributed by atoms with van der Waals surface area (Å²) in [6.07, 6.45) is 11.2. The maximum absolute atomic E-state index is 4.05. The minimum Gasteiger partial charge on any atom is -0.288 e. The first-order valence-corrected chi connectivity index (χ1v) is 5.09. The summed E-state index contributed by atoms with van der Waals surface area (Å²) in [6, 6.07) is 0. The molecule has 0 unspecified atom stereocenters. The Morgan fingerprint density at radius 3 is 3.17 bits per heavy atom. The van der Waals surface area contributed by atoms with Gasteiger partial charge in [0, 0.05) is 4.88 Å². The van der Waals surface area contributed by atoms with Gasteiger partial charge in [0.25, 0.3) is 0 Å². The van der Waals surface area contributed by atoms with E-state index in [-0.39, 0.29) is 0 Å². The normalized spacial score (nSPS) is 18.3. The van der Waals surface area contributed by atoms with Crippen LogP contribution in [0.4, 0.5) is 0 Å². The molecular formula is C9H9N2S. The lowest BCUT2D eigenvalue weighted by Crippen LogP contribution is -2.06. The van der Waals surface area contributed by atoms with Crippen LogP contribution in [0.25, 0.3) is 4.83 Å². The van der Waals surface area contributed by atoms with E-state index in [1.54, 1.807) is 0 Å². The predicted molar refractivity (Wildman–Crippen MR) is 48.5 cm³/mol. The predicted octanol–water partition coefficient (Wildman–Crippen LogP) is 2.46. The highest BCUT2D eigenvalue weighted by Gasteiger charge is 2.21. The van der Waals surface area contributed by atoms with E-state index in [2.05, 4.69) is 11.2 Å². The molecule has 0 bridgehead atoms. The topological polar surface area (TPSA) is 17.3 Å². The fraction of sp³-hybridized carbons (Fsp3) is 0.444. The summed E-state index contributed by atoms with van der Waals surface area (Å²) >= 11 is 1.83. The van der Waals surface area contributed by atoms with E-state index in [0.717, 1.165) is 5.92 Å². The summed E-state index contributed by atoms with van der Waals surface area (Å²) in [5.74, 6) is 0.801. The van der Waals surface area contributed by atoms with Crippen molar-refractivity contribution >= 4 is 16.2 Å². The molecule has 1 aliphatic rings. The fourth-order valence-corrected chi connectivity index (χ4v) is 2.62. The molecule has 1 fully saturated rings. The number of thiazole rings is 1. The van der Waals surface area contributed by atoms with Crippen molar-refractivity contribution in [2.24, 2.45) is 0 Å². The molecule has 1 radical (unpaired) electrons. The van der Waals surface area contributed by atoms with Crippen LogP contribution in [0.5, 0.6) is 0 Å². The molecule has 3 heteroatoms. The third-order valence-corrected chi connectivity index (χ3v) is 3.68. The lowest BCUT2D eigenvalue weighted by molar-refractivity contribution is 0.424. The lowest BCUT2D eigenvalue weighted by Gasteiger charge is -2.22. The van der Waals surface area contributed by atoms with Crippen molar-refractivity contribution in [1.82, 2.24) is 9.38 Å². The first kappa shape index (κ1) is 6.66. The zero-order chi connectivity index (χ0) is 7.97. The third-order valence-electron chi connectivity index (χ3n) is 2.53. The first-order valence-electron chi connectivity index (χ1n) is 4.27. The molecule has 0 saturated heterocycles. The number of hydrogen-bond donors (Lipinski definition) is 0. The second-order valence-electron chi connectivity index (χ2n) is 3.31. The minimum absolute atomic E-state index is 0.801. The Bertz CT molecular complexity index is 369. The van der Waals surface area contributed by atoms with Crippen LogP contribution in [0.15, 0.2) is 12.5 Å². The molecule has 12 heavy (non-hydrogen) atoms. The van der Waals surface area contributed by atoms with E-state index < -0.39 is 0 Å². The van der Waals surface area contributed by atoms with E-state index in [9.17, 15) is 0 Å². The molecule has 0 aromatic carbocycles. The molecular weight excluding hydrogens is 168 g/mol. The van der Waals surface area contributed by atoms with Crippen molar-refractivity contribution < 1.29 is 0 Å². The van der Waals surface area contributed by atoms with Gasteiger partial charge >= 0.3 is 0 Å². The number of rotatable bonds is 1. The van der Waals surface area contributed by atoms with Crippen molar-refractivity contribution in [2.45, 2.75) is 25.2 Å². The summed E-state index contributed by atoms with van der Waals surface area (Å²) in [6.45, 7) is 0. The molecule has 2 aromatic rings. The van der Waals surface area contributed by atoms with Crippen LogP contribution in [0.2, 0.25) is 0 Å². The summed E-state index contributed by atoms with van der Waals surface area (Å²) in [5, 5.41) is 0. The fourth-order valence-electron chi connectivity index (χ4n) is 1.54. The Hall–Kier alpha value is -0.830. The van der Waals surface area contributed by atoms with Gasteiger partial charge in [0.15, 0.2) is 0 Å². The van der Waals surface area contributed by atoms with Gasteiger partial charge in [0.05, 0.1) is 12.4 Å². The monoisotopic (exact) mass is 177 g/mol. The first-order chi connectivity index (χ1) is 5.93. The average molecular weight is 177 g/mol. The van der Waals surface area contributed by atoms with Gasteiger partial charge in [0.2, 0.25) is 0 Å². The van der Waals surface area contributed by atoms with Gasteiger partial charge in [-0.15, -0.1) is 11.3 Å². The third kappa shape index (κ3) is 0.829. The van der Waals surface area contributed by atoms with Crippen LogP contribution in [-0.4, -0.2) is 9.38 Å². The van der Waals surface area contributed by atoms with Gasteiger partial charge in [-0.25, -0.2) is 4.98 Å². The van der Waals surface area contributed by atoms with Crippen molar-refractivity contribution in [1.29, 1.82) is 0 Å². The summed E-state index contributed by atoms with van der Waals surface area (Å²) in [4.78, 5) is 6.68. The Morgan fingerprint density at radius 1 is 1.58 bits per heavy atom. The van der Waals surface area contributed by atoms with Crippen LogP contribution in [0, 0.1) is 6.20 Å². The highest BCUT2D eigenvalue weighted by molar-refractivity contribution is 7.17. The van der Waals surface area contributed by atoms with Crippen LogP contribution >= 0.6 is 11.3 Å². The van der Waals surface area contributed by atoms with Crippen LogP contribution in [0.1, 0.15) is 30.1 Å². The molecule has 3 rings (SSSR count). The van der Waals surface area contributed by atoms with Gasteiger partial charge in [-0.3, -0.25) is 4.40 Å². The standard InChI is InChI=1S/C9H9N2S/c1-2-7(3-1)8-5-11-6-10-4-9(11)12-8/h4,6-7H,1-3H2. The van der Waals surface area contributed by atoms with Gasteiger partial charge in [0.1, 0.15) is 11.2 Å². The molecule has 0 N–H and O–H groups in total. The average Bonchev–Trinajstić information content (AvgIpc) is 2.40. The second-order valence-corrected chi connectivity index (χ2v) is 4.37. The quantitative estimate of drug-likeness (QED) is 0.654. The molecule has 61 valence electrons. The number of imidazole rings is 1. The van der Waals surface area contributed by atoms with Crippen LogP contribution < -0.4 is 0 Å². The maximum atomic E-state index is 4.05. The molecule has 1 saturated carbocycles. The largest absolute Gasteiger partial charge is 0.288 e. The molecule has 0 atom stereocenters. The van der Waals surface area contributed by atoms with E-state index in [0.29, 0.717) is 0 Å². The number of nitrogens with zero attached hydrogens (tertiary/aromatic N) is 2. The highest BCUT2D eigenvalue weighted by Crippen LogP contribution is 2.39. The van der Waals surface area contributed by atoms with Crippen molar-refractivity contribution in [2.75, 3.05) is 0 Å². The SMILES string of the molecule is [c]1c(C2CCC2)sc2cncn12. The van der Waals surface area contributed by atoms with Gasteiger partial charge < -0.3 is 0 Å². The highest BCUT2D eigenvalue weighted by atomic mass is 32.1. The molecule has 0 spiro atoms. The lowest BCUT2D eigenvalue weighted by atomic mass is 9.85. The summed E-state index contributed by atoms with van der Waals surface area (Å²) in [5.41, 5.74) is 0. The Labute approximate surface area is 74.9 Å². The second kappa shape index (κ2) is 2.33. The van der Waals surface area contributed by atoms with E-state index in [1.165, 1.54) is 29.0 Å². The molecule has 0 amide bonds. The van der Waals surface area contributed by atoms with E-state index in [1.807, 2.05) is 28.3 Å². The van der Waals surface area contributed by atoms with Gasteiger partial charge in [-0.2, -0.15) is 0 Å². The number of fused-ring (bicyclic) bond motifs is 1. The number of hydrogen-bond acceptors (Lipinski definition) is 2. The zero-order valence-corrected chi connectivity index (χ0v) is 7.47. The zero-order valence-electron chi connectivity index (χ0n) is 6.66. The van der Waals surface area contributed by atoms with Crippen LogP contribution in [0.3, 0.4) is 0 Å². The Kier molecular flexibility index (Phi) is 1.29. The van der Waals surface area contributed by atoms with Crippen LogP contribution in [-0.2, 0) is 0 Å². The Morgan fingerprint density at radius 2 is 2.50 bits per heavy atom. The molecule has 2 aromatic heterocycles. The molecule has 0 aliphatic heterocycles. The van der Waals surface area contributed by atoms with E-state index >= 15 is 0 Å². The van der Waals surface area contributed by atoms with Gasteiger partial charge in [-0.1, -0.05) is 6.42 Å². The number of aromatic nitrogens is 2. The van der Waals surface area contributed by atoms with Crippen molar-refractivity contribution in [3.8, 4) is 0 Å². The minimum atomic E-state index is 0.801. The van der Waals surface area contributed by atoms with E-state index in [4.69, 9.17) is 0 Å². The van der Waals surface area contributed by atoms with Crippen molar-refractivity contribution in [3.63, 3.8) is 0 Å². The summed E-state index contributed by atoms with van der Waals surface area (Å²) < 4.78 is 2.00. The smallest absolute Gasteiger partial charge is 0.120 e. The summed E-state index contributed by atoms with van der Waals surface area (Å²) in [7, 11) is 0. The molecule has 2 heterocycles. The molecule has 1 aliphatic carbocycles. The van der Waals surface area contributed by atoms with Gasteiger partial charge in [-0.05, 0) is 18.8 Å². The maximum Gasteiger partial charge on any atom is 0.120 e. The Balaban J connectivity index is 2.08. The van der Waals surface area contributed by atoms with Crippen molar-refractivity contribution in [3.05, 3.63) is 23.6 Å². The molecule has 2 nitrogen and oxygen atoms in total.